The molecular formula is C20H25F3N4O. The third-order valence-electron chi connectivity index (χ3n) is 5.14. The Morgan fingerprint density at radius 2 is 1.89 bits per heavy atom. The fourth-order valence-electron chi connectivity index (χ4n) is 3.71. The molecule has 1 unspecified atom stereocenters. The number of benzene rings is 1. The van der Waals surface area contributed by atoms with Crippen LogP contribution in [0.1, 0.15) is 37.8 Å². The maximum absolute atomic E-state index is 12.6. The summed E-state index contributed by atoms with van der Waals surface area (Å²) < 4.78 is 39.6. The van der Waals surface area contributed by atoms with Crippen molar-refractivity contribution in [3.8, 4) is 0 Å². The van der Waals surface area contributed by atoms with Crippen molar-refractivity contribution in [3.63, 3.8) is 0 Å². The predicted octanol–water partition coefficient (Wildman–Crippen LogP) is 4.04. The zero-order chi connectivity index (χ0) is 20.1. The number of likely N-dealkylation sites (tertiary alicyclic amines) is 1. The van der Waals surface area contributed by atoms with Gasteiger partial charge in [-0.2, -0.15) is 18.3 Å². The lowest BCUT2D eigenvalue weighted by molar-refractivity contribution is -0.147. The van der Waals surface area contributed by atoms with E-state index in [0.717, 1.165) is 5.56 Å². The third-order valence-corrected chi connectivity index (χ3v) is 5.14. The SMILES string of the molecule is CC(CC(F)(F)F)N1CCC(n2nccc2NC(=O)Cc2ccccc2)CC1. The normalized spacial score (nSPS) is 17.4. The number of nitrogens with one attached hydrogen (secondary N) is 1. The molecule has 0 spiro atoms. The Balaban J connectivity index is 1.55. The highest BCUT2D eigenvalue weighted by molar-refractivity contribution is 5.91. The Morgan fingerprint density at radius 3 is 2.54 bits per heavy atom. The largest absolute Gasteiger partial charge is 0.390 e. The highest BCUT2D eigenvalue weighted by Gasteiger charge is 2.34. The minimum Gasteiger partial charge on any atom is -0.311 e. The molecule has 1 saturated heterocycles. The van der Waals surface area contributed by atoms with Crippen LogP contribution in [0.25, 0.3) is 0 Å². The molecule has 152 valence electrons. The van der Waals surface area contributed by atoms with Crippen molar-refractivity contribution in [2.45, 2.75) is 50.9 Å². The summed E-state index contributed by atoms with van der Waals surface area (Å²) in [6, 6.07) is 10.8. The van der Waals surface area contributed by atoms with Crippen LogP contribution in [-0.4, -0.2) is 45.9 Å². The monoisotopic (exact) mass is 394 g/mol. The maximum atomic E-state index is 12.6. The highest BCUT2D eigenvalue weighted by atomic mass is 19.4. The summed E-state index contributed by atoms with van der Waals surface area (Å²) in [6.45, 7) is 2.79. The molecule has 3 rings (SSSR count). The van der Waals surface area contributed by atoms with Crippen LogP contribution in [0.3, 0.4) is 0 Å². The summed E-state index contributed by atoms with van der Waals surface area (Å²) in [7, 11) is 0. The van der Waals surface area contributed by atoms with E-state index in [-0.39, 0.29) is 18.4 Å². The molecule has 0 saturated carbocycles. The van der Waals surface area contributed by atoms with Crippen molar-refractivity contribution >= 4 is 11.7 Å². The van der Waals surface area contributed by atoms with Gasteiger partial charge >= 0.3 is 6.18 Å². The number of alkyl halides is 3. The van der Waals surface area contributed by atoms with Crippen LogP contribution in [0.15, 0.2) is 42.6 Å². The van der Waals surface area contributed by atoms with Gasteiger partial charge in [0.2, 0.25) is 5.91 Å². The second-order valence-electron chi connectivity index (χ2n) is 7.31. The molecule has 8 heteroatoms. The van der Waals surface area contributed by atoms with Gasteiger partial charge < -0.3 is 10.2 Å². The number of carbonyl (C=O) groups excluding carboxylic acids is 1. The van der Waals surface area contributed by atoms with Crippen molar-refractivity contribution in [3.05, 3.63) is 48.2 Å². The molecule has 0 aliphatic carbocycles. The molecule has 1 aromatic heterocycles. The number of carbonyl (C=O) groups is 1. The van der Waals surface area contributed by atoms with Gasteiger partial charge in [-0.25, -0.2) is 4.68 Å². The molecule has 1 amide bonds. The average Bonchev–Trinajstić information content (AvgIpc) is 3.09. The van der Waals surface area contributed by atoms with E-state index in [9.17, 15) is 18.0 Å². The number of amides is 1. The van der Waals surface area contributed by atoms with Crippen LogP contribution in [-0.2, 0) is 11.2 Å². The standard InChI is InChI=1S/C20H25F3N4O/c1-15(14-20(21,22)23)26-11-8-17(9-12-26)27-18(7-10-24-27)25-19(28)13-16-5-3-2-4-6-16/h2-7,10,15,17H,8-9,11-14H2,1H3,(H,25,28). The first-order valence-electron chi connectivity index (χ1n) is 9.50. The van der Waals surface area contributed by atoms with Crippen LogP contribution in [0.5, 0.6) is 0 Å². The van der Waals surface area contributed by atoms with Crippen molar-refractivity contribution < 1.29 is 18.0 Å². The minimum atomic E-state index is -4.14. The van der Waals surface area contributed by atoms with Gasteiger partial charge in [-0.1, -0.05) is 30.3 Å². The number of rotatable bonds is 6. The molecule has 1 aliphatic heterocycles. The molecule has 1 atom stereocenters. The molecular weight excluding hydrogens is 369 g/mol. The van der Waals surface area contributed by atoms with E-state index in [0.29, 0.717) is 31.7 Å². The van der Waals surface area contributed by atoms with E-state index in [1.165, 1.54) is 0 Å². The number of halogens is 3. The Hall–Kier alpha value is -2.35. The summed E-state index contributed by atoms with van der Waals surface area (Å²) in [5.74, 6) is 0.506. The Labute approximate surface area is 162 Å². The zero-order valence-corrected chi connectivity index (χ0v) is 15.8. The van der Waals surface area contributed by atoms with Gasteiger partial charge in [0.15, 0.2) is 0 Å². The van der Waals surface area contributed by atoms with E-state index in [1.54, 1.807) is 23.9 Å². The van der Waals surface area contributed by atoms with Crippen LogP contribution in [0.4, 0.5) is 19.0 Å². The fraction of sp³-hybridized carbons (Fsp3) is 0.500. The highest BCUT2D eigenvalue weighted by Crippen LogP contribution is 2.29. The number of nitrogens with zero attached hydrogens (tertiary/aromatic N) is 3. The number of piperidine rings is 1. The molecule has 0 radical (unpaired) electrons. The molecule has 2 heterocycles. The van der Waals surface area contributed by atoms with Gasteiger partial charge in [0, 0.05) is 25.2 Å². The number of anilines is 1. The van der Waals surface area contributed by atoms with Crippen LogP contribution >= 0.6 is 0 Å². The van der Waals surface area contributed by atoms with Gasteiger partial charge in [0.05, 0.1) is 25.1 Å². The summed E-state index contributed by atoms with van der Waals surface area (Å²) in [6.07, 6.45) is -1.62. The first kappa shape index (κ1) is 20.4. The number of aromatic nitrogens is 2. The van der Waals surface area contributed by atoms with E-state index in [1.807, 2.05) is 35.2 Å². The van der Waals surface area contributed by atoms with Crippen LogP contribution in [0.2, 0.25) is 0 Å². The zero-order valence-electron chi connectivity index (χ0n) is 15.8. The van der Waals surface area contributed by atoms with Crippen molar-refractivity contribution in [1.29, 1.82) is 0 Å². The summed E-state index contributed by atoms with van der Waals surface area (Å²) >= 11 is 0. The van der Waals surface area contributed by atoms with Crippen LogP contribution < -0.4 is 5.32 Å². The Morgan fingerprint density at radius 1 is 1.21 bits per heavy atom. The van der Waals surface area contributed by atoms with Crippen molar-refractivity contribution in [2.75, 3.05) is 18.4 Å². The first-order chi connectivity index (χ1) is 13.3. The van der Waals surface area contributed by atoms with Crippen LogP contribution in [0, 0.1) is 0 Å². The van der Waals surface area contributed by atoms with E-state index >= 15 is 0 Å². The van der Waals surface area contributed by atoms with E-state index in [2.05, 4.69) is 10.4 Å². The van der Waals surface area contributed by atoms with E-state index < -0.39 is 18.6 Å². The molecule has 1 N–H and O–H groups in total. The third kappa shape index (κ3) is 5.58. The fourth-order valence-corrected chi connectivity index (χ4v) is 3.71. The summed E-state index contributed by atoms with van der Waals surface area (Å²) in [4.78, 5) is 14.2. The second kappa shape index (κ2) is 8.77. The Kier molecular flexibility index (Phi) is 6.39. The second-order valence-corrected chi connectivity index (χ2v) is 7.31. The molecule has 28 heavy (non-hydrogen) atoms. The van der Waals surface area contributed by atoms with Crippen molar-refractivity contribution in [2.24, 2.45) is 0 Å². The quantitative estimate of drug-likeness (QED) is 0.805. The lowest BCUT2D eigenvalue weighted by Crippen LogP contribution is -2.42. The van der Waals surface area contributed by atoms with E-state index in [4.69, 9.17) is 0 Å². The van der Waals surface area contributed by atoms with Gasteiger partial charge in [0.1, 0.15) is 5.82 Å². The molecule has 0 bridgehead atoms. The molecule has 2 aromatic rings. The first-order valence-corrected chi connectivity index (χ1v) is 9.50. The van der Waals surface area contributed by atoms with Gasteiger partial charge in [-0.05, 0) is 25.3 Å². The lowest BCUT2D eigenvalue weighted by atomic mass is 10.0. The van der Waals surface area contributed by atoms with Gasteiger partial charge in [-0.3, -0.25) is 4.79 Å². The number of hydrogen-bond donors (Lipinski definition) is 1. The molecule has 1 aromatic carbocycles. The van der Waals surface area contributed by atoms with Crippen molar-refractivity contribution in [1.82, 2.24) is 14.7 Å². The minimum absolute atomic E-state index is 0.0661. The molecule has 1 aliphatic rings. The predicted molar refractivity (Wildman–Crippen MR) is 101 cm³/mol. The summed E-state index contributed by atoms with van der Waals surface area (Å²) in [5.41, 5.74) is 0.929. The average molecular weight is 394 g/mol. The van der Waals surface area contributed by atoms with Gasteiger partial charge in [0.25, 0.3) is 0 Å². The lowest BCUT2D eigenvalue weighted by Gasteiger charge is -2.36. The smallest absolute Gasteiger partial charge is 0.311 e. The Bertz CT molecular complexity index is 767. The van der Waals surface area contributed by atoms with Gasteiger partial charge in [-0.15, -0.1) is 0 Å². The number of hydrogen-bond acceptors (Lipinski definition) is 3. The topological polar surface area (TPSA) is 50.2 Å². The molecule has 1 fully saturated rings. The molecule has 5 nitrogen and oxygen atoms in total. The maximum Gasteiger partial charge on any atom is 0.390 e. The summed E-state index contributed by atoms with van der Waals surface area (Å²) in [5, 5.41) is 7.23.